The van der Waals surface area contributed by atoms with E-state index in [1.54, 1.807) is 6.07 Å². The molecular formula is C14H18ClNO2. The van der Waals surface area contributed by atoms with E-state index in [4.69, 9.17) is 16.3 Å². The fourth-order valence-electron chi connectivity index (χ4n) is 2.18. The Morgan fingerprint density at radius 1 is 1.39 bits per heavy atom. The summed E-state index contributed by atoms with van der Waals surface area (Å²) in [5, 5.41) is 0.612. The molecule has 0 bridgehead atoms. The van der Waals surface area contributed by atoms with Gasteiger partial charge in [0.15, 0.2) is 5.78 Å². The molecule has 0 aliphatic carbocycles. The van der Waals surface area contributed by atoms with Crippen LogP contribution in [0.2, 0.25) is 5.02 Å². The number of likely N-dealkylation sites (N-methyl/N-ethyl adjacent to an activating group) is 1. The summed E-state index contributed by atoms with van der Waals surface area (Å²) in [5.41, 5.74) is 1.68. The molecule has 0 spiro atoms. The first kappa shape index (κ1) is 13.4. The lowest BCUT2D eigenvalue weighted by Crippen LogP contribution is -2.22. The minimum absolute atomic E-state index is 0.0562. The van der Waals surface area contributed by atoms with Crippen molar-refractivity contribution >= 4 is 17.4 Å². The van der Waals surface area contributed by atoms with Gasteiger partial charge < -0.3 is 9.64 Å². The predicted molar refractivity (Wildman–Crippen MR) is 72.8 cm³/mol. The Balaban J connectivity index is 2.39. The van der Waals surface area contributed by atoms with Gasteiger partial charge in [0.2, 0.25) is 0 Å². The second-order valence-corrected chi connectivity index (χ2v) is 5.34. The minimum atomic E-state index is 0.0562. The van der Waals surface area contributed by atoms with Crippen LogP contribution in [0.1, 0.15) is 28.8 Å². The Bertz CT molecular complexity index is 457. The van der Waals surface area contributed by atoms with Crippen LogP contribution >= 0.6 is 11.6 Å². The standard InChI is InChI=1S/C14H18ClNO2/c1-16(2)9-13(17)12-8-11(15)7-10-5-3-4-6-18-14(10)12/h7-8H,3-6,9H2,1-2H3. The Morgan fingerprint density at radius 2 is 2.17 bits per heavy atom. The van der Waals surface area contributed by atoms with Crippen molar-refractivity contribution in [2.75, 3.05) is 27.2 Å². The minimum Gasteiger partial charge on any atom is -0.493 e. The van der Waals surface area contributed by atoms with E-state index in [0.717, 1.165) is 30.6 Å². The van der Waals surface area contributed by atoms with Gasteiger partial charge in [-0.3, -0.25) is 4.79 Å². The number of carbonyl (C=O) groups excluding carboxylic acids is 1. The van der Waals surface area contributed by atoms with Gasteiger partial charge in [-0.05, 0) is 51.1 Å². The molecule has 1 aromatic carbocycles. The third-order valence-electron chi connectivity index (χ3n) is 2.98. The zero-order valence-electron chi connectivity index (χ0n) is 10.8. The molecule has 4 heteroatoms. The number of fused-ring (bicyclic) bond motifs is 1. The summed E-state index contributed by atoms with van der Waals surface area (Å²) in [6, 6.07) is 3.63. The Kier molecular flexibility index (Phi) is 4.25. The number of Topliss-reactive ketones (excluding diaryl/α,β-unsaturated/α-hetero) is 1. The molecule has 1 aliphatic heterocycles. The van der Waals surface area contributed by atoms with E-state index in [1.165, 1.54) is 0 Å². The van der Waals surface area contributed by atoms with Crippen LogP contribution in [0, 0.1) is 0 Å². The Labute approximate surface area is 113 Å². The second kappa shape index (κ2) is 5.72. The number of rotatable bonds is 3. The number of carbonyl (C=O) groups is 1. The predicted octanol–water partition coefficient (Wildman–Crippen LogP) is 2.80. The normalized spacial score (nSPS) is 14.9. The molecule has 1 aromatic rings. The molecule has 0 saturated heterocycles. The van der Waals surface area contributed by atoms with Crippen molar-refractivity contribution in [1.82, 2.24) is 4.90 Å². The number of hydrogen-bond acceptors (Lipinski definition) is 3. The van der Waals surface area contributed by atoms with E-state index in [1.807, 2.05) is 25.1 Å². The van der Waals surface area contributed by atoms with Gasteiger partial charge in [0.1, 0.15) is 5.75 Å². The molecule has 0 atom stereocenters. The van der Waals surface area contributed by atoms with Crippen LogP contribution in [0.5, 0.6) is 5.75 Å². The monoisotopic (exact) mass is 267 g/mol. The first-order chi connectivity index (χ1) is 8.58. The topological polar surface area (TPSA) is 29.5 Å². The fourth-order valence-corrected chi connectivity index (χ4v) is 2.42. The maximum absolute atomic E-state index is 12.2. The molecule has 0 saturated carbocycles. The van der Waals surface area contributed by atoms with E-state index >= 15 is 0 Å². The van der Waals surface area contributed by atoms with Crippen molar-refractivity contribution < 1.29 is 9.53 Å². The molecule has 0 amide bonds. The van der Waals surface area contributed by atoms with Crippen molar-refractivity contribution in [1.29, 1.82) is 0 Å². The SMILES string of the molecule is CN(C)CC(=O)c1cc(Cl)cc2c1OCCCC2. The fraction of sp³-hybridized carbons (Fsp3) is 0.500. The van der Waals surface area contributed by atoms with Gasteiger partial charge in [-0.25, -0.2) is 0 Å². The number of benzene rings is 1. The third-order valence-corrected chi connectivity index (χ3v) is 3.20. The maximum Gasteiger partial charge on any atom is 0.180 e. The van der Waals surface area contributed by atoms with E-state index in [9.17, 15) is 4.79 Å². The molecule has 2 rings (SSSR count). The molecule has 0 aromatic heterocycles. The van der Waals surface area contributed by atoms with E-state index < -0.39 is 0 Å². The van der Waals surface area contributed by atoms with E-state index in [0.29, 0.717) is 23.7 Å². The number of ether oxygens (including phenoxy) is 1. The third kappa shape index (κ3) is 3.03. The summed E-state index contributed by atoms with van der Waals surface area (Å²) in [7, 11) is 3.75. The number of hydrogen-bond donors (Lipinski definition) is 0. The van der Waals surface area contributed by atoms with Gasteiger partial charge in [0, 0.05) is 5.02 Å². The molecule has 0 radical (unpaired) electrons. The zero-order valence-corrected chi connectivity index (χ0v) is 11.6. The highest BCUT2D eigenvalue weighted by molar-refractivity contribution is 6.31. The van der Waals surface area contributed by atoms with Crippen LogP contribution in [-0.4, -0.2) is 37.9 Å². The van der Waals surface area contributed by atoms with Crippen LogP contribution in [0.3, 0.4) is 0 Å². The summed E-state index contributed by atoms with van der Waals surface area (Å²) in [6.07, 6.45) is 3.03. The lowest BCUT2D eigenvalue weighted by atomic mass is 10.0. The lowest BCUT2D eigenvalue weighted by molar-refractivity contribution is 0.0954. The quantitative estimate of drug-likeness (QED) is 0.789. The van der Waals surface area contributed by atoms with Crippen LogP contribution in [0.4, 0.5) is 0 Å². The number of nitrogens with zero attached hydrogens (tertiary/aromatic N) is 1. The van der Waals surface area contributed by atoms with Crippen molar-refractivity contribution in [3.63, 3.8) is 0 Å². The largest absolute Gasteiger partial charge is 0.493 e. The van der Waals surface area contributed by atoms with Gasteiger partial charge in [0.25, 0.3) is 0 Å². The average Bonchev–Trinajstić information content (AvgIpc) is 2.51. The number of ketones is 1. The highest BCUT2D eigenvalue weighted by Crippen LogP contribution is 2.32. The van der Waals surface area contributed by atoms with Crippen molar-refractivity contribution in [3.8, 4) is 5.75 Å². The molecule has 0 N–H and O–H groups in total. The summed E-state index contributed by atoms with van der Waals surface area (Å²) in [4.78, 5) is 14.1. The maximum atomic E-state index is 12.2. The molecule has 3 nitrogen and oxygen atoms in total. The van der Waals surface area contributed by atoms with Crippen molar-refractivity contribution in [2.45, 2.75) is 19.3 Å². The van der Waals surface area contributed by atoms with Crippen molar-refractivity contribution in [3.05, 3.63) is 28.3 Å². The molecule has 18 heavy (non-hydrogen) atoms. The first-order valence-electron chi connectivity index (χ1n) is 6.21. The van der Waals surface area contributed by atoms with E-state index in [-0.39, 0.29) is 5.78 Å². The highest BCUT2D eigenvalue weighted by atomic mass is 35.5. The highest BCUT2D eigenvalue weighted by Gasteiger charge is 2.20. The van der Waals surface area contributed by atoms with Crippen LogP contribution in [-0.2, 0) is 6.42 Å². The summed E-state index contributed by atoms with van der Waals surface area (Å²) >= 11 is 6.09. The van der Waals surface area contributed by atoms with Gasteiger partial charge in [-0.15, -0.1) is 0 Å². The van der Waals surface area contributed by atoms with E-state index in [2.05, 4.69) is 0 Å². The van der Waals surface area contributed by atoms with Crippen molar-refractivity contribution in [2.24, 2.45) is 0 Å². The second-order valence-electron chi connectivity index (χ2n) is 4.91. The first-order valence-corrected chi connectivity index (χ1v) is 6.59. The lowest BCUT2D eigenvalue weighted by Gasteiger charge is -2.15. The molecule has 98 valence electrons. The van der Waals surface area contributed by atoms with Gasteiger partial charge in [0.05, 0.1) is 18.7 Å². The van der Waals surface area contributed by atoms with Crippen LogP contribution in [0.25, 0.3) is 0 Å². The Morgan fingerprint density at radius 3 is 2.89 bits per heavy atom. The summed E-state index contributed by atoms with van der Waals surface area (Å²) in [6.45, 7) is 1.05. The van der Waals surface area contributed by atoms with Gasteiger partial charge in [-0.1, -0.05) is 11.6 Å². The molecular weight excluding hydrogens is 250 g/mol. The summed E-state index contributed by atoms with van der Waals surface area (Å²) < 4.78 is 5.74. The molecule has 1 aliphatic rings. The van der Waals surface area contributed by atoms with Crippen LogP contribution in [0.15, 0.2) is 12.1 Å². The molecule has 0 fully saturated rings. The molecule has 0 unspecified atom stereocenters. The Hall–Kier alpha value is -1.06. The summed E-state index contributed by atoms with van der Waals surface area (Å²) in [5.74, 6) is 0.796. The van der Waals surface area contributed by atoms with Crippen LogP contribution < -0.4 is 4.74 Å². The molecule has 1 heterocycles. The number of aryl methyl sites for hydroxylation is 1. The smallest absolute Gasteiger partial charge is 0.180 e. The number of halogens is 1. The zero-order chi connectivity index (χ0) is 13.1. The average molecular weight is 268 g/mol. The van der Waals surface area contributed by atoms with Gasteiger partial charge >= 0.3 is 0 Å². The van der Waals surface area contributed by atoms with Gasteiger partial charge in [-0.2, -0.15) is 0 Å².